The smallest absolute Gasteiger partial charge is 0.416 e. The molecule has 0 aliphatic heterocycles. The van der Waals surface area contributed by atoms with E-state index in [1.165, 1.54) is 42.7 Å². The number of nitrogens with zero attached hydrogens (tertiary/aromatic N) is 3. The van der Waals surface area contributed by atoms with E-state index in [1.807, 2.05) is 0 Å². The Kier molecular flexibility index (Phi) is 6.59. The van der Waals surface area contributed by atoms with Gasteiger partial charge in [0, 0.05) is 29.3 Å². The second kappa shape index (κ2) is 9.59. The maximum atomic E-state index is 13.9. The fraction of sp³-hybridized carbons (Fsp3) is 0.182. The van der Waals surface area contributed by atoms with Crippen LogP contribution in [0.3, 0.4) is 0 Å². The number of halogens is 4. The molecule has 0 unspecified atom stereocenters. The first-order chi connectivity index (χ1) is 16.2. The van der Waals surface area contributed by atoms with Gasteiger partial charge in [-0.25, -0.2) is 9.37 Å². The maximum absolute atomic E-state index is 13.9. The van der Waals surface area contributed by atoms with E-state index in [9.17, 15) is 22.4 Å². The summed E-state index contributed by atoms with van der Waals surface area (Å²) in [6.45, 7) is 0. The summed E-state index contributed by atoms with van der Waals surface area (Å²) in [4.78, 5) is 16.5. The average Bonchev–Trinajstić information content (AvgIpc) is 3.47. The van der Waals surface area contributed by atoms with Crippen LogP contribution < -0.4 is 10.1 Å². The third-order valence-electron chi connectivity index (χ3n) is 4.67. The molecule has 176 valence electrons. The van der Waals surface area contributed by atoms with Crippen molar-refractivity contribution in [2.75, 3.05) is 12.4 Å². The number of amides is 1. The molecular formula is C22H16F4N4O3S. The number of nitrogens with one attached hydrogen (secondary N) is 1. The van der Waals surface area contributed by atoms with Crippen molar-refractivity contribution in [2.45, 2.75) is 19.0 Å². The average molecular weight is 492 g/mol. The second-order valence-corrected chi connectivity index (χ2v) is 7.87. The Morgan fingerprint density at radius 2 is 1.97 bits per heavy atom. The number of aromatic nitrogens is 3. The first-order valence-corrected chi connectivity index (χ1v) is 10.7. The Morgan fingerprint density at radius 1 is 1.15 bits per heavy atom. The minimum absolute atomic E-state index is 0.0176. The molecule has 0 aliphatic rings. The predicted molar refractivity (Wildman–Crippen MR) is 116 cm³/mol. The van der Waals surface area contributed by atoms with Gasteiger partial charge in [0.25, 0.3) is 0 Å². The molecule has 7 nitrogen and oxygen atoms in total. The van der Waals surface area contributed by atoms with Crippen LogP contribution in [0.25, 0.3) is 22.7 Å². The number of methoxy groups -OCH3 is 1. The van der Waals surface area contributed by atoms with Crippen molar-refractivity contribution in [3.63, 3.8) is 0 Å². The third-order valence-corrected chi connectivity index (χ3v) is 5.43. The van der Waals surface area contributed by atoms with Gasteiger partial charge in [-0.3, -0.25) is 4.79 Å². The van der Waals surface area contributed by atoms with Crippen LogP contribution in [0.1, 0.15) is 17.9 Å². The van der Waals surface area contributed by atoms with E-state index in [4.69, 9.17) is 9.15 Å². The van der Waals surface area contributed by atoms with E-state index in [0.29, 0.717) is 16.4 Å². The van der Waals surface area contributed by atoms with E-state index in [-0.39, 0.29) is 41.8 Å². The lowest BCUT2D eigenvalue weighted by Crippen LogP contribution is -2.12. The van der Waals surface area contributed by atoms with Gasteiger partial charge in [-0.1, -0.05) is 6.07 Å². The van der Waals surface area contributed by atoms with Crippen LogP contribution in [-0.2, 0) is 17.4 Å². The molecule has 12 heteroatoms. The molecule has 0 radical (unpaired) electrons. The molecule has 0 atom stereocenters. The van der Waals surface area contributed by atoms with E-state index in [2.05, 4.69) is 20.5 Å². The molecule has 4 rings (SSSR count). The molecule has 4 aromatic rings. The summed E-state index contributed by atoms with van der Waals surface area (Å²) in [6.07, 6.45) is -4.43. The summed E-state index contributed by atoms with van der Waals surface area (Å²) in [5.41, 5.74) is 0.320. The number of alkyl halides is 3. The van der Waals surface area contributed by atoms with Crippen LogP contribution in [0.15, 0.2) is 52.3 Å². The largest absolute Gasteiger partial charge is 0.494 e. The summed E-state index contributed by atoms with van der Waals surface area (Å²) < 4.78 is 62.9. The second-order valence-electron chi connectivity index (χ2n) is 7.01. The zero-order valence-corrected chi connectivity index (χ0v) is 18.3. The molecule has 0 fully saturated rings. The summed E-state index contributed by atoms with van der Waals surface area (Å²) in [7, 11) is 1.37. The van der Waals surface area contributed by atoms with Gasteiger partial charge in [-0.2, -0.15) is 13.2 Å². The van der Waals surface area contributed by atoms with Crippen molar-refractivity contribution in [2.24, 2.45) is 0 Å². The third kappa shape index (κ3) is 5.39. The fourth-order valence-corrected chi connectivity index (χ4v) is 3.73. The minimum atomic E-state index is -4.49. The SMILES string of the molecule is COc1ccc(-c2csc(NC(=O)CCc3nnc(-c4cccc(C(F)(F)F)c4)o3)n2)cc1F. The van der Waals surface area contributed by atoms with Crippen LogP contribution in [0.4, 0.5) is 22.7 Å². The fourth-order valence-electron chi connectivity index (χ4n) is 2.99. The molecule has 1 amide bonds. The Labute approximate surface area is 194 Å². The highest BCUT2D eigenvalue weighted by molar-refractivity contribution is 7.14. The minimum Gasteiger partial charge on any atom is -0.494 e. The normalized spacial score (nSPS) is 11.4. The van der Waals surface area contributed by atoms with Gasteiger partial charge < -0.3 is 14.5 Å². The van der Waals surface area contributed by atoms with Crippen LogP contribution >= 0.6 is 11.3 Å². The number of hydrogen-bond donors (Lipinski definition) is 1. The van der Waals surface area contributed by atoms with Crippen molar-refractivity contribution in [3.8, 4) is 28.5 Å². The van der Waals surface area contributed by atoms with Gasteiger partial charge in [0.1, 0.15) is 0 Å². The van der Waals surface area contributed by atoms with Gasteiger partial charge in [0.2, 0.25) is 17.7 Å². The van der Waals surface area contributed by atoms with Crippen molar-refractivity contribution < 1.29 is 31.5 Å². The highest BCUT2D eigenvalue weighted by Gasteiger charge is 2.30. The first kappa shape index (κ1) is 23.4. The topological polar surface area (TPSA) is 90.1 Å². The molecular weight excluding hydrogens is 476 g/mol. The van der Waals surface area contributed by atoms with Crippen molar-refractivity contribution in [1.82, 2.24) is 15.2 Å². The molecule has 34 heavy (non-hydrogen) atoms. The summed E-state index contributed by atoms with van der Waals surface area (Å²) >= 11 is 1.17. The number of hydrogen-bond acceptors (Lipinski definition) is 7. The lowest BCUT2D eigenvalue weighted by atomic mass is 10.1. The molecule has 0 saturated carbocycles. The number of carbonyl (C=O) groups excluding carboxylic acids is 1. The van der Waals surface area contributed by atoms with Crippen LogP contribution in [0, 0.1) is 5.82 Å². The maximum Gasteiger partial charge on any atom is 0.416 e. The summed E-state index contributed by atoms with van der Waals surface area (Å²) in [5.74, 6) is -0.748. The zero-order chi connectivity index (χ0) is 24.3. The molecule has 2 aromatic carbocycles. The van der Waals surface area contributed by atoms with Gasteiger partial charge in [-0.05, 0) is 36.4 Å². The van der Waals surface area contributed by atoms with Gasteiger partial charge in [-0.15, -0.1) is 21.5 Å². The Hall–Kier alpha value is -3.80. The predicted octanol–water partition coefficient (Wildman–Crippen LogP) is 5.60. The van der Waals surface area contributed by atoms with Crippen molar-refractivity contribution in [3.05, 3.63) is 65.1 Å². The number of benzene rings is 2. The van der Waals surface area contributed by atoms with Crippen LogP contribution in [0.2, 0.25) is 0 Å². The Morgan fingerprint density at radius 3 is 2.71 bits per heavy atom. The van der Waals surface area contributed by atoms with E-state index >= 15 is 0 Å². The molecule has 0 bridgehead atoms. The lowest BCUT2D eigenvalue weighted by molar-refractivity contribution is -0.137. The molecule has 0 saturated heterocycles. The lowest BCUT2D eigenvalue weighted by Gasteiger charge is -2.06. The monoisotopic (exact) mass is 492 g/mol. The van der Waals surface area contributed by atoms with Gasteiger partial charge >= 0.3 is 6.18 Å². The van der Waals surface area contributed by atoms with Crippen LogP contribution in [0.5, 0.6) is 5.75 Å². The van der Waals surface area contributed by atoms with Crippen molar-refractivity contribution >= 4 is 22.4 Å². The number of thiazole rings is 1. The molecule has 0 spiro atoms. The van der Waals surface area contributed by atoms with E-state index in [1.54, 1.807) is 11.4 Å². The molecule has 1 N–H and O–H groups in total. The molecule has 0 aliphatic carbocycles. The standard InChI is InChI=1S/C22H16F4N4O3S/c1-32-17-6-5-12(10-15(17)23)16-11-34-21(27-16)28-18(31)7-8-19-29-30-20(33-19)13-3-2-4-14(9-13)22(24,25)26/h2-6,9-11H,7-8H2,1H3,(H,27,28,31). The number of rotatable bonds is 7. The van der Waals surface area contributed by atoms with Gasteiger partial charge in [0.05, 0.1) is 18.4 Å². The van der Waals surface area contributed by atoms with Crippen LogP contribution in [-0.4, -0.2) is 28.2 Å². The van der Waals surface area contributed by atoms with Gasteiger partial charge in [0.15, 0.2) is 16.7 Å². The van der Waals surface area contributed by atoms with Crippen molar-refractivity contribution in [1.29, 1.82) is 0 Å². The molecule has 2 aromatic heterocycles. The highest BCUT2D eigenvalue weighted by Crippen LogP contribution is 2.32. The number of carbonyl (C=O) groups is 1. The quantitative estimate of drug-likeness (QED) is 0.338. The number of anilines is 1. The Bertz CT molecular complexity index is 1320. The molecule has 2 heterocycles. The summed E-state index contributed by atoms with van der Waals surface area (Å²) in [5, 5.41) is 12.2. The highest BCUT2D eigenvalue weighted by atomic mass is 32.1. The Balaban J connectivity index is 1.35. The number of ether oxygens (including phenoxy) is 1. The van der Waals surface area contributed by atoms with E-state index in [0.717, 1.165) is 12.1 Å². The number of aryl methyl sites for hydroxylation is 1. The summed E-state index contributed by atoms with van der Waals surface area (Å²) in [6, 6.07) is 8.96. The first-order valence-electron chi connectivity index (χ1n) is 9.82. The zero-order valence-electron chi connectivity index (χ0n) is 17.5. The van der Waals surface area contributed by atoms with E-state index < -0.39 is 17.6 Å².